The van der Waals surface area contributed by atoms with Crippen molar-refractivity contribution in [2.24, 2.45) is 0 Å². The minimum Gasteiger partial charge on any atom is -0.360 e. The first-order valence-electron chi connectivity index (χ1n) is 4.91. The van der Waals surface area contributed by atoms with Gasteiger partial charge in [-0.25, -0.2) is 0 Å². The SMILES string of the molecule is CN(C)Cc1c[nH]c2c(C=O)cccc12. The van der Waals surface area contributed by atoms with E-state index in [0.717, 1.165) is 29.3 Å². The predicted molar refractivity (Wildman–Crippen MR) is 61.1 cm³/mol. The Balaban J connectivity index is 2.55. The molecule has 0 aliphatic rings. The van der Waals surface area contributed by atoms with Crippen molar-refractivity contribution in [2.45, 2.75) is 6.54 Å². The molecule has 1 aromatic heterocycles. The summed E-state index contributed by atoms with van der Waals surface area (Å²) in [6, 6.07) is 5.78. The van der Waals surface area contributed by atoms with E-state index in [1.165, 1.54) is 5.56 Å². The van der Waals surface area contributed by atoms with Gasteiger partial charge in [0.15, 0.2) is 6.29 Å². The third-order valence-corrected chi connectivity index (χ3v) is 2.45. The quantitative estimate of drug-likeness (QED) is 0.773. The molecule has 0 atom stereocenters. The van der Waals surface area contributed by atoms with E-state index in [9.17, 15) is 4.79 Å². The van der Waals surface area contributed by atoms with Gasteiger partial charge in [0.1, 0.15) is 0 Å². The number of nitrogens with one attached hydrogen (secondary N) is 1. The van der Waals surface area contributed by atoms with Gasteiger partial charge in [0.2, 0.25) is 0 Å². The van der Waals surface area contributed by atoms with Crippen molar-refractivity contribution in [2.75, 3.05) is 14.1 Å². The van der Waals surface area contributed by atoms with Gasteiger partial charge in [-0.05, 0) is 25.7 Å². The van der Waals surface area contributed by atoms with E-state index < -0.39 is 0 Å². The summed E-state index contributed by atoms with van der Waals surface area (Å²) in [7, 11) is 4.06. The fourth-order valence-electron chi connectivity index (χ4n) is 1.81. The second-order valence-corrected chi connectivity index (χ2v) is 3.94. The topological polar surface area (TPSA) is 36.1 Å². The van der Waals surface area contributed by atoms with Gasteiger partial charge in [0, 0.05) is 23.7 Å². The zero-order valence-electron chi connectivity index (χ0n) is 8.95. The smallest absolute Gasteiger partial charge is 0.152 e. The van der Waals surface area contributed by atoms with E-state index in [4.69, 9.17) is 0 Å². The second-order valence-electron chi connectivity index (χ2n) is 3.94. The molecule has 0 fully saturated rings. The maximum atomic E-state index is 10.8. The summed E-state index contributed by atoms with van der Waals surface area (Å²) >= 11 is 0. The van der Waals surface area contributed by atoms with Crippen LogP contribution in [0.2, 0.25) is 0 Å². The molecule has 0 bridgehead atoms. The van der Waals surface area contributed by atoms with Crippen LogP contribution in [0.5, 0.6) is 0 Å². The van der Waals surface area contributed by atoms with Crippen LogP contribution in [-0.2, 0) is 6.54 Å². The molecule has 0 saturated carbocycles. The number of aldehydes is 1. The Morgan fingerprint density at radius 3 is 2.87 bits per heavy atom. The lowest BCUT2D eigenvalue weighted by Gasteiger charge is -2.07. The van der Waals surface area contributed by atoms with Crippen LogP contribution in [0.1, 0.15) is 15.9 Å². The lowest BCUT2D eigenvalue weighted by molar-refractivity contribution is 0.112. The second kappa shape index (κ2) is 3.87. The largest absolute Gasteiger partial charge is 0.360 e. The Kier molecular flexibility index (Phi) is 2.56. The molecular formula is C12H14N2O. The Hall–Kier alpha value is -1.61. The molecule has 0 amide bonds. The van der Waals surface area contributed by atoms with Crippen molar-refractivity contribution in [3.05, 3.63) is 35.5 Å². The van der Waals surface area contributed by atoms with Gasteiger partial charge in [-0.3, -0.25) is 4.79 Å². The molecule has 0 aliphatic heterocycles. The van der Waals surface area contributed by atoms with Crippen LogP contribution in [0.3, 0.4) is 0 Å². The van der Waals surface area contributed by atoms with Gasteiger partial charge < -0.3 is 9.88 Å². The van der Waals surface area contributed by atoms with E-state index in [-0.39, 0.29) is 0 Å². The third-order valence-electron chi connectivity index (χ3n) is 2.45. The van der Waals surface area contributed by atoms with Gasteiger partial charge in [-0.15, -0.1) is 0 Å². The van der Waals surface area contributed by atoms with Gasteiger partial charge in [0.05, 0.1) is 5.52 Å². The lowest BCUT2D eigenvalue weighted by atomic mass is 10.1. The maximum absolute atomic E-state index is 10.8. The minimum absolute atomic E-state index is 0.720. The van der Waals surface area contributed by atoms with Crippen LogP contribution < -0.4 is 0 Å². The number of aromatic nitrogens is 1. The van der Waals surface area contributed by atoms with E-state index in [1.807, 2.05) is 38.5 Å². The highest BCUT2D eigenvalue weighted by atomic mass is 16.1. The van der Waals surface area contributed by atoms with Crippen LogP contribution in [0.15, 0.2) is 24.4 Å². The van der Waals surface area contributed by atoms with E-state index in [1.54, 1.807) is 0 Å². The van der Waals surface area contributed by atoms with Crippen molar-refractivity contribution < 1.29 is 4.79 Å². The molecule has 2 aromatic rings. The molecule has 1 N–H and O–H groups in total. The summed E-state index contributed by atoms with van der Waals surface area (Å²) in [6.07, 6.45) is 2.86. The first-order chi connectivity index (χ1) is 7.22. The average Bonchev–Trinajstić information content (AvgIpc) is 2.61. The normalized spacial score (nSPS) is 11.1. The number of fused-ring (bicyclic) bond motifs is 1. The third kappa shape index (κ3) is 1.78. The monoisotopic (exact) mass is 202 g/mol. The fraction of sp³-hybridized carbons (Fsp3) is 0.250. The number of hydrogen-bond donors (Lipinski definition) is 1. The maximum Gasteiger partial charge on any atom is 0.152 e. The number of rotatable bonds is 3. The lowest BCUT2D eigenvalue weighted by Crippen LogP contribution is -2.10. The van der Waals surface area contributed by atoms with Crippen LogP contribution in [-0.4, -0.2) is 30.3 Å². The van der Waals surface area contributed by atoms with Crippen molar-refractivity contribution >= 4 is 17.2 Å². The number of hydrogen-bond acceptors (Lipinski definition) is 2. The van der Waals surface area contributed by atoms with Crippen molar-refractivity contribution in [1.82, 2.24) is 9.88 Å². The Labute approximate surface area is 88.7 Å². The molecular weight excluding hydrogens is 188 g/mol. The van der Waals surface area contributed by atoms with Crippen molar-refractivity contribution in [3.8, 4) is 0 Å². The van der Waals surface area contributed by atoms with Gasteiger partial charge in [-0.1, -0.05) is 12.1 Å². The van der Waals surface area contributed by atoms with Crippen LogP contribution in [0, 0.1) is 0 Å². The van der Waals surface area contributed by atoms with Gasteiger partial charge >= 0.3 is 0 Å². The highest BCUT2D eigenvalue weighted by Crippen LogP contribution is 2.21. The Morgan fingerprint density at radius 1 is 1.40 bits per heavy atom. The first kappa shape index (κ1) is 9.93. The standard InChI is InChI=1S/C12H14N2O/c1-14(2)7-10-6-13-12-9(8-15)4-3-5-11(10)12/h3-6,8,13H,7H2,1-2H3. The predicted octanol–water partition coefficient (Wildman–Crippen LogP) is 2.04. The molecule has 2 rings (SSSR count). The average molecular weight is 202 g/mol. The molecule has 0 unspecified atom stereocenters. The zero-order chi connectivity index (χ0) is 10.8. The molecule has 3 nitrogen and oxygen atoms in total. The highest BCUT2D eigenvalue weighted by molar-refractivity contribution is 5.97. The summed E-state index contributed by atoms with van der Waals surface area (Å²) in [5.74, 6) is 0. The summed E-state index contributed by atoms with van der Waals surface area (Å²) in [4.78, 5) is 16.1. The molecule has 0 saturated heterocycles. The van der Waals surface area contributed by atoms with E-state index in [2.05, 4.69) is 9.88 Å². The van der Waals surface area contributed by atoms with E-state index >= 15 is 0 Å². The van der Waals surface area contributed by atoms with Crippen LogP contribution in [0.4, 0.5) is 0 Å². The minimum atomic E-state index is 0.720. The molecule has 3 heteroatoms. The summed E-state index contributed by atoms with van der Waals surface area (Å²) in [5.41, 5.74) is 2.88. The number of carbonyl (C=O) groups is 1. The number of para-hydroxylation sites is 1. The van der Waals surface area contributed by atoms with Crippen molar-refractivity contribution in [3.63, 3.8) is 0 Å². The number of aromatic amines is 1. The Bertz CT molecular complexity index is 485. The molecule has 0 spiro atoms. The Morgan fingerprint density at radius 2 is 2.20 bits per heavy atom. The van der Waals surface area contributed by atoms with Gasteiger partial charge in [0.25, 0.3) is 0 Å². The van der Waals surface area contributed by atoms with Gasteiger partial charge in [-0.2, -0.15) is 0 Å². The number of carbonyl (C=O) groups excluding carboxylic acids is 1. The summed E-state index contributed by atoms with van der Waals surface area (Å²) < 4.78 is 0. The first-order valence-corrected chi connectivity index (χ1v) is 4.91. The molecule has 1 heterocycles. The zero-order valence-corrected chi connectivity index (χ0v) is 8.95. The number of H-pyrrole nitrogens is 1. The molecule has 0 radical (unpaired) electrons. The van der Waals surface area contributed by atoms with Crippen molar-refractivity contribution in [1.29, 1.82) is 0 Å². The molecule has 0 aliphatic carbocycles. The molecule has 1 aromatic carbocycles. The summed E-state index contributed by atoms with van der Waals surface area (Å²) in [5, 5.41) is 1.13. The summed E-state index contributed by atoms with van der Waals surface area (Å²) in [6.45, 7) is 0.877. The number of nitrogens with zero attached hydrogens (tertiary/aromatic N) is 1. The van der Waals surface area contributed by atoms with Crippen LogP contribution >= 0.6 is 0 Å². The highest BCUT2D eigenvalue weighted by Gasteiger charge is 2.06. The van der Waals surface area contributed by atoms with E-state index in [0.29, 0.717) is 0 Å². The fourth-order valence-corrected chi connectivity index (χ4v) is 1.81. The molecule has 78 valence electrons. The molecule has 15 heavy (non-hydrogen) atoms. The van der Waals surface area contributed by atoms with Crippen LogP contribution in [0.25, 0.3) is 10.9 Å². The number of benzene rings is 1.